The molecule has 0 atom stereocenters. The molecule has 0 aliphatic rings. The fourth-order valence-corrected chi connectivity index (χ4v) is 2.58. The summed E-state index contributed by atoms with van der Waals surface area (Å²) in [6.45, 7) is 0. The van der Waals surface area contributed by atoms with Crippen LogP contribution in [0.4, 0.5) is 0 Å². The zero-order valence-corrected chi connectivity index (χ0v) is 14.2. The van der Waals surface area contributed by atoms with E-state index in [1.54, 1.807) is 39.5 Å². The van der Waals surface area contributed by atoms with Crippen LogP contribution in [0.1, 0.15) is 10.4 Å². The van der Waals surface area contributed by atoms with Crippen molar-refractivity contribution < 1.29 is 19.0 Å². The maximum absolute atomic E-state index is 12.5. The number of fused-ring (bicyclic) bond motifs is 1. The van der Waals surface area contributed by atoms with Gasteiger partial charge in [-0.1, -0.05) is 12.1 Å². The molecule has 0 amide bonds. The zero-order chi connectivity index (χ0) is 17.8. The van der Waals surface area contributed by atoms with Crippen LogP contribution in [-0.4, -0.2) is 36.8 Å². The Hall–Kier alpha value is -3.28. The first-order valence-corrected chi connectivity index (χ1v) is 7.62. The maximum Gasteiger partial charge on any atom is 0.256 e. The average molecular weight is 338 g/mol. The quantitative estimate of drug-likeness (QED) is 0.667. The molecule has 3 aromatic rings. The minimum atomic E-state index is -0.192. The van der Waals surface area contributed by atoms with Gasteiger partial charge in [-0.05, 0) is 35.9 Å². The van der Waals surface area contributed by atoms with Crippen molar-refractivity contribution >= 4 is 23.0 Å². The van der Waals surface area contributed by atoms with Crippen LogP contribution in [0, 0.1) is 0 Å². The normalized spacial score (nSPS) is 11.0. The molecular weight excluding hydrogens is 320 g/mol. The SMILES string of the molecule is COc1cc(C=CC(=O)n2cnc3ccccc32)cc(OC)c1OC. The lowest BCUT2D eigenvalue weighted by Gasteiger charge is -2.12. The van der Waals surface area contributed by atoms with Crippen molar-refractivity contribution in [3.63, 3.8) is 0 Å². The van der Waals surface area contributed by atoms with Gasteiger partial charge in [0.2, 0.25) is 5.75 Å². The number of allylic oxidation sites excluding steroid dienone is 1. The molecule has 0 fully saturated rings. The van der Waals surface area contributed by atoms with Gasteiger partial charge in [0.1, 0.15) is 6.33 Å². The van der Waals surface area contributed by atoms with Gasteiger partial charge in [0.25, 0.3) is 5.91 Å². The molecule has 1 aromatic heterocycles. The predicted octanol–water partition coefficient (Wildman–Crippen LogP) is 3.42. The molecule has 0 aliphatic carbocycles. The average Bonchev–Trinajstić information content (AvgIpc) is 3.09. The number of methoxy groups -OCH3 is 3. The second-order valence-electron chi connectivity index (χ2n) is 5.23. The lowest BCUT2D eigenvalue weighted by atomic mass is 10.1. The fourth-order valence-electron chi connectivity index (χ4n) is 2.58. The highest BCUT2D eigenvalue weighted by atomic mass is 16.5. The number of ether oxygens (including phenoxy) is 3. The number of aromatic nitrogens is 2. The molecule has 0 unspecified atom stereocenters. The summed E-state index contributed by atoms with van der Waals surface area (Å²) >= 11 is 0. The van der Waals surface area contributed by atoms with Crippen LogP contribution in [0.25, 0.3) is 17.1 Å². The largest absolute Gasteiger partial charge is 0.493 e. The van der Waals surface area contributed by atoms with Crippen LogP contribution in [0.2, 0.25) is 0 Å². The van der Waals surface area contributed by atoms with Crippen LogP contribution >= 0.6 is 0 Å². The number of nitrogens with zero attached hydrogens (tertiary/aromatic N) is 2. The number of rotatable bonds is 5. The summed E-state index contributed by atoms with van der Waals surface area (Å²) in [7, 11) is 4.64. The van der Waals surface area contributed by atoms with Gasteiger partial charge < -0.3 is 14.2 Å². The highest BCUT2D eigenvalue weighted by Crippen LogP contribution is 2.38. The van der Waals surface area contributed by atoms with Gasteiger partial charge in [0.05, 0.1) is 32.4 Å². The topological polar surface area (TPSA) is 62.6 Å². The van der Waals surface area contributed by atoms with Crippen LogP contribution < -0.4 is 14.2 Å². The van der Waals surface area contributed by atoms with Crippen molar-refractivity contribution in [2.45, 2.75) is 0 Å². The summed E-state index contributed by atoms with van der Waals surface area (Å²) in [6, 6.07) is 11.0. The molecule has 3 rings (SSSR count). The molecule has 128 valence electrons. The van der Waals surface area contributed by atoms with Crippen molar-refractivity contribution in [2.24, 2.45) is 0 Å². The molecule has 2 aromatic carbocycles. The first-order valence-electron chi connectivity index (χ1n) is 7.62. The molecule has 0 aliphatic heterocycles. The van der Waals surface area contributed by atoms with E-state index in [2.05, 4.69) is 4.98 Å². The third kappa shape index (κ3) is 3.19. The molecule has 0 N–H and O–H groups in total. The number of hydrogen-bond donors (Lipinski definition) is 0. The van der Waals surface area contributed by atoms with Crippen LogP contribution in [0.15, 0.2) is 48.8 Å². The lowest BCUT2D eigenvalue weighted by molar-refractivity contribution is 0.0974. The van der Waals surface area contributed by atoms with E-state index in [9.17, 15) is 4.79 Å². The smallest absolute Gasteiger partial charge is 0.256 e. The van der Waals surface area contributed by atoms with E-state index in [-0.39, 0.29) is 5.91 Å². The van der Waals surface area contributed by atoms with Gasteiger partial charge >= 0.3 is 0 Å². The Labute approximate surface area is 145 Å². The fraction of sp³-hybridized carbons (Fsp3) is 0.158. The molecular formula is C19H18N2O4. The highest BCUT2D eigenvalue weighted by molar-refractivity contribution is 5.99. The van der Waals surface area contributed by atoms with Crippen LogP contribution in [0.5, 0.6) is 17.2 Å². The summed E-state index contributed by atoms with van der Waals surface area (Å²) in [6.07, 6.45) is 4.70. The third-order valence-electron chi connectivity index (χ3n) is 3.80. The minimum Gasteiger partial charge on any atom is -0.493 e. The summed E-state index contributed by atoms with van der Waals surface area (Å²) in [5.74, 6) is 1.38. The molecule has 6 nitrogen and oxygen atoms in total. The Kier molecular flexibility index (Phi) is 4.70. The molecule has 0 bridgehead atoms. The first kappa shape index (κ1) is 16.6. The second kappa shape index (κ2) is 7.09. The Bertz CT molecular complexity index is 918. The number of carbonyl (C=O) groups is 1. The lowest BCUT2D eigenvalue weighted by Crippen LogP contribution is -2.05. The molecule has 1 heterocycles. The van der Waals surface area contributed by atoms with Crippen molar-refractivity contribution in [1.82, 2.24) is 9.55 Å². The van der Waals surface area contributed by atoms with Gasteiger partial charge in [0, 0.05) is 6.08 Å². The number of para-hydroxylation sites is 2. The predicted molar refractivity (Wildman–Crippen MR) is 95.5 cm³/mol. The Morgan fingerprint density at radius 1 is 1.04 bits per heavy atom. The van der Waals surface area contributed by atoms with Crippen molar-refractivity contribution in [3.8, 4) is 17.2 Å². The Morgan fingerprint density at radius 2 is 1.72 bits per heavy atom. The van der Waals surface area contributed by atoms with E-state index in [1.165, 1.54) is 17.0 Å². The van der Waals surface area contributed by atoms with Crippen LogP contribution in [-0.2, 0) is 0 Å². The van der Waals surface area contributed by atoms with Crippen molar-refractivity contribution in [3.05, 3.63) is 54.4 Å². The summed E-state index contributed by atoms with van der Waals surface area (Å²) in [5, 5.41) is 0. The summed E-state index contributed by atoms with van der Waals surface area (Å²) in [5.41, 5.74) is 2.30. The highest BCUT2D eigenvalue weighted by Gasteiger charge is 2.12. The van der Waals surface area contributed by atoms with Crippen molar-refractivity contribution in [2.75, 3.05) is 21.3 Å². The Morgan fingerprint density at radius 3 is 2.36 bits per heavy atom. The zero-order valence-electron chi connectivity index (χ0n) is 14.2. The standard InChI is InChI=1S/C19H18N2O4/c1-23-16-10-13(11-17(24-2)19(16)25-3)8-9-18(22)21-12-20-14-6-4-5-7-15(14)21/h4-12H,1-3H3. The van der Waals surface area contributed by atoms with Gasteiger partial charge in [0.15, 0.2) is 11.5 Å². The number of benzene rings is 2. The molecule has 0 saturated heterocycles. The monoisotopic (exact) mass is 338 g/mol. The number of carbonyl (C=O) groups excluding carboxylic acids is 1. The van der Waals surface area contributed by atoms with E-state index in [0.29, 0.717) is 17.2 Å². The van der Waals surface area contributed by atoms with Crippen molar-refractivity contribution in [1.29, 1.82) is 0 Å². The third-order valence-corrected chi connectivity index (χ3v) is 3.80. The molecule has 0 saturated carbocycles. The molecule has 0 spiro atoms. The second-order valence-corrected chi connectivity index (χ2v) is 5.23. The van der Waals surface area contributed by atoms with Gasteiger partial charge in [-0.2, -0.15) is 0 Å². The van der Waals surface area contributed by atoms with Gasteiger partial charge in [-0.25, -0.2) is 4.98 Å². The van der Waals surface area contributed by atoms with Gasteiger partial charge in [-0.15, -0.1) is 0 Å². The molecule has 25 heavy (non-hydrogen) atoms. The van der Waals surface area contributed by atoms with E-state index in [4.69, 9.17) is 14.2 Å². The molecule has 6 heteroatoms. The summed E-state index contributed by atoms with van der Waals surface area (Å²) in [4.78, 5) is 16.7. The van der Waals surface area contributed by atoms with E-state index < -0.39 is 0 Å². The molecule has 0 radical (unpaired) electrons. The number of imidazole rings is 1. The van der Waals surface area contributed by atoms with E-state index >= 15 is 0 Å². The van der Waals surface area contributed by atoms with Crippen LogP contribution in [0.3, 0.4) is 0 Å². The number of hydrogen-bond acceptors (Lipinski definition) is 5. The first-order chi connectivity index (χ1) is 12.2. The maximum atomic E-state index is 12.5. The minimum absolute atomic E-state index is 0.192. The summed E-state index contributed by atoms with van der Waals surface area (Å²) < 4.78 is 17.4. The van der Waals surface area contributed by atoms with E-state index in [1.807, 2.05) is 24.3 Å². The van der Waals surface area contributed by atoms with E-state index in [0.717, 1.165) is 16.6 Å². The van der Waals surface area contributed by atoms with Gasteiger partial charge in [-0.3, -0.25) is 9.36 Å². The Balaban J connectivity index is 1.92.